The van der Waals surface area contributed by atoms with E-state index in [2.05, 4.69) is 10.1 Å². The Morgan fingerprint density at radius 3 is 2.40 bits per heavy atom. The van der Waals surface area contributed by atoms with E-state index in [0.29, 0.717) is 16.5 Å². The van der Waals surface area contributed by atoms with Crippen molar-refractivity contribution >= 4 is 22.7 Å². The standard InChI is InChI=1S/C24H20FN5O5/c25-18-6-5-15(14-30-19-4-2-1-3-16(19)21(31)27-24(30)34)13-17(18)22(32)28-9-11-29(12-10-28)23(33)20-7-8-26-35-20/h1-8,13H,9-12,14H2,(H,27,31,34). The summed E-state index contributed by atoms with van der Waals surface area (Å²) >= 11 is 0. The van der Waals surface area contributed by atoms with Gasteiger partial charge in [-0.3, -0.25) is 23.9 Å². The maximum Gasteiger partial charge on any atom is 0.329 e. The van der Waals surface area contributed by atoms with Crippen molar-refractivity contribution < 1.29 is 18.5 Å². The number of rotatable bonds is 4. The number of nitrogens with one attached hydrogen (secondary N) is 1. The molecular weight excluding hydrogens is 457 g/mol. The van der Waals surface area contributed by atoms with Crippen LogP contribution in [0.15, 0.2) is 68.8 Å². The molecule has 2 amide bonds. The minimum Gasteiger partial charge on any atom is -0.351 e. The molecule has 0 saturated carbocycles. The van der Waals surface area contributed by atoms with Gasteiger partial charge in [-0.1, -0.05) is 23.4 Å². The fourth-order valence-corrected chi connectivity index (χ4v) is 4.18. The first-order chi connectivity index (χ1) is 16.9. The van der Waals surface area contributed by atoms with Gasteiger partial charge in [0.2, 0.25) is 5.76 Å². The van der Waals surface area contributed by atoms with Crippen LogP contribution in [-0.2, 0) is 6.54 Å². The number of aromatic nitrogens is 3. The number of hydrogen-bond donors (Lipinski definition) is 1. The lowest BCUT2D eigenvalue weighted by Crippen LogP contribution is -2.50. The molecule has 1 saturated heterocycles. The van der Waals surface area contributed by atoms with Crippen molar-refractivity contribution in [2.24, 2.45) is 0 Å². The number of piperazine rings is 1. The number of aromatic amines is 1. The molecule has 0 spiro atoms. The highest BCUT2D eigenvalue weighted by molar-refractivity contribution is 5.95. The number of H-pyrrole nitrogens is 1. The van der Waals surface area contributed by atoms with Gasteiger partial charge < -0.3 is 14.3 Å². The third-order valence-corrected chi connectivity index (χ3v) is 6.01. The molecule has 5 rings (SSSR count). The average Bonchev–Trinajstić information content (AvgIpc) is 3.42. The van der Waals surface area contributed by atoms with Gasteiger partial charge in [0.15, 0.2) is 0 Å². The molecule has 0 unspecified atom stereocenters. The van der Waals surface area contributed by atoms with Crippen molar-refractivity contribution in [3.8, 4) is 0 Å². The van der Waals surface area contributed by atoms with Gasteiger partial charge >= 0.3 is 5.69 Å². The zero-order valence-corrected chi connectivity index (χ0v) is 18.4. The van der Waals surface area contributed by atoms with Crippen LogP contribution in [0.5, 0.6) is 0 Å². The fraction of sp³-hybridized carbons (Fsp3) is 0.208. The van der Waals surface area contributed by atoms with E-state index in [-0.39, 0.29) is 50.0 Å². The van der Waals surface area contributed by atoms with Crippen molar-refractivity contribution in [1.29, 1.82) is 0 Å². The lowest BCUT2D eigenvalue weighted by Gasteiger charge is -2.34. The molecule has 1 fully saturated rings. The molecule has 0 bridgehead atoms. The van der Waals surface area contributed by atoms with Crippen LogP contribution in [0, 0.1) is 5.82 Å². The highest BCUT2D eigenvalue weighted by Crippen LogP contribution is 2.17. The smallest absolute Gasteiger partial charge is 0.329 e. The molecule has 11 heteroatoms. The van der Waals surface area contributed by atoms with Crippen LogP contribution in [0.4, 0.5) is 4.39 Å². The van der Waals surface area contributed by atoms with E-state index < -0.39 is 23.0 Å². The summed E-state index contributed by atoms with van der Waals surface area (Å²) in [5.41, 5.74) is -0.255. The summed E-state index contributed by atoms with van der Waals surface area (Å²) in [7, 11) is 0. The Morgan fingerprint density at radius 1 is 0.971 bits per heavy atom. The van der Waals surface area contributed by atoms with Crippen LogP contribution in [0.1, 0.15) is 26.5 Å². The fourth-order valence-electron chi connectivity index (χ4n) is 4.18. The van der Waals surface area contributed by atoms with Gasteiger partial charge in [0.05, 0.1) is 29.2 Å². The van der Waals surface area contributed by atoms with E-state index in [9.17, 15) is 23.6 Å². The number of benzene rings is 2. The van der Waals surface area contributed by atoms with Crippen molar-refractivity contribution in [3.05, 3.63) is 98.3 Å². The minimum absolute atomic E-state index is 0.0378. The van der Waals surface area contributed by atoms with Crippen molar-refractivity contribution in [2.45, 2.75) is 6.54 Å². The van der Waals surface area contributed by atoms with Crippen LogP contribution in [0.3, 0.4) is 0 Å². The third-order valence-electron chi connectivity index (χ3n) is 6.01. The second kappa shape index (κ2) is 9.01. The van der Waals surface area contributed by atoms with E-state index in [1.165, 1.54) is 39.9 Å². The zero-order chi connectivity index (χ0) is 24.5. The summed E-state index contributed by atoms with van der Waals surface area (Å²) in [6, 6.07) is 12.2. The zero-order valence-electron chi connectivity index (χ0n) is 18.4. The lowest BCUT2D eigenvalue weighted by molar-refractivity contribution is 0.0510. The first-order valence-corrected chi connectivity index (χ1v) is 10.9. The SMILES string of the molecule is O=C(c1ccno1)N1CCN(C(=O)c2cc(Cn3c(=O)[nH]c(=O)c4ccccc43)ccc2F)CC1. The molecule has 2 aromatic carbocycles. The summed E-state index contributed by atoms with van der Waals surface area (Å²) in [6.07, 6.45) is 1.38. The molecule has 2 aromatic heterocycles. The van der Waals surface area contributed by atoms with E-state index >= 15 is 0 Å². The maximum atomic E-state index is 14.6. The van der Waals surface area contributed by atoms with Crippen LogP contribution >= 0.6 is 0 Å². The Hall–Kier alpha value is -4.54. The molecule has 0 atom stereocenters. The molecule has 0 radical (unpaired) electrons. The van der Waals surface area contributed by atoms with E-state index in [0.717, 1.165) is 0 Å². The summed E-state index contributed by atoms with van der Waals surface area (Å²) in [5, 5.41) is 3.88. The summed E-state index contributed by atoms with van der Waals surface area (Å²) < 4.78 is 20.9. The number of carbonyl (C=O) groups is 2. The largest absolute Gasteiger partial charge is 0.351 e. The van der Waals surface area contributed by atoms with Crippen molar-refractivity contribution in [1.82, 2.24) is 24.5 Å². The molecule has 35 heavy (non-hydrogen) atoms. The number of halogens is 1. The normalized spacial score (nSPS) is 13.9. The number of fused-ring (bicyclic) bond motifs is 1. The first-order valence-electron chi connectivity index (χ1n) is 10.9. The molecule has 178 valence electrons. The summed E-state index contributed by atoms with van der Waals surface area (Å²) in [4.78, 5) is 55.4. The number of amides is 2. The van der Waals surface area contributed by atoms with Crippen molar-refractivity contribution in [3.63, 3.8) is 0 Å². The van der Waals surface area contributed by atoms with Gasteiger partial charge in [0.1, 0.15) is 5.82 Å². The first kappa shape index (κ1) is 22.3. The monoisotopic (exact) mass is 477 g/mol. The van der Waals surface area contributed by atoms with E-state index in [1.807, 2.05) is 0 Å². The molecule has 1 aliphatic heterocycles. The maximum absolute atomic E-state index is 14.6. The molecule has 1 aliphatic rings. The van der Waals surface area contributed by atoms with Crippen LogP contribution in [-0.4, -0.2) is 62.5 Å². The number of para-hydroxylation sites is 1. The second-order valence-corrected chi connectivity index (χ2v) is 8.14. The average molecular weight is 477 g/mol. The van der Waals surface area contributed by atoms with Gasteiger partial charge in [-0.2, -0.15) is 0 Å². The molecule has 4 aromatic rings. The van der Waals surface area contributed by atoms with Gasteiger partial charge in [0, 0.05) is 32.2 Å². The van der Waals surface area contributed by atoms with E-state index in [1.54, 1.807) is 29.2 Å². The van der Waals surface area contributed by atoms with Gasteiger partial charge in [0.25, 0.3) is 17.4 Å². The molecule has 1 N–H and O–H groups in total. The molecule has 3 heterocycles. The van der Waals surface area contributed by atoms with Crippen LogP contribution < -0.4 is 11.2 Å². The summed E-state index contributed by atoms with van der Waals surface area (Å²) in [6.45, 7) is 1.03. The Bertz CT molecular complexity index is 1530. The highest BCUT2D eigenvalue weighted by Gasteiger charge is 2.28. The second-order valence-electron chi connectivity index (χ2n) is 8.14. The number of hydrogen-bond acceptors (Lipinski definition) is 6. The Balaban J connectivity index is 1.36. The molecule has 0 aliphatic carbocycles. The van der Waals surface area contributed by atoms with Gasteiger partial charge in [-0.15, -0.1) is 0 Å². The Kier molecular flexibility index (Phi) is 5.73. The Labute approximate surface area is 197 Å². The predicted octanol–water partition coefficient (Wildman–Crippen LogP) is 1.46. The quantitative estimate of drug-likeness (QED) is 0.475. The Morgan fingerprint density at radius 2 is 1.69 bits per heavy atom. The van der Waals surface area contributed by atoms with E-state index in [4.69, 9.17) is 4.52 Å². The van der Waals surface area contributed by atoms with Crippen molar-refractivity contribution in [2.75, 3.05) is 26.2 Å². The highest BCUT2D eigenvalue weighted by atomic mass is 19.1. The third kappa shape index (κ3) is 4.23. The topological polar surface area (TPSA) is 122 Å². The van der Waals surface area contributed by atoms with Gasteiger partial charge in [-0.05, 0) is 29.8 Å². The summed E-state index contributed by atoms with van der Waals surface area (Å²) in [5.74, 6) is -1.39. The van der Waals surface area contributed by atoms with Crippen LogP contribution in [0.25, 0.3) is 10.9 Å². The molecular formula is C24H20FN5O5. The number of nitrogens with zero attached hydrogens (tertiary/aromatic N) is 4. The predicted molar refractivity (Wildman–Crippen MR) is 123 cm³/mol. The number of carbonyl (C=O) groups excluding carboxylic acids is 2. The minimum atomic E-state index is -0.683. The lowest BCUT2D eigenvalue weighted by atomic mass is 10.1. The van der Waals surface area contributed by atoms with Crippen LogP contribution in [0.2, 0.25) is 0 Å². The van der Waals surface area contributed by atoms with Gasteiger partial charge in [-0.25, -0.2) is 9.18 Å². The molecule has 10 nitrogen and oxygen atoms in total.